The number of alkyl halides is 3. The number of esters is 1. The van der Waals surface area contributed by atoms with Gasteiger partial charge in [0.2, 0.25) is 11.8 Å². The number of anilines is 1. The average molecular weight is 470 g/mol. The third kappa shape index (κ3) is 4.26. The molecule has 1 aromatic carbocycles. The number of imide groups is 1. The quantitative estimate of drug-likeness (QED) is 0.501. The Balaban J connectivity index is 1.78. The number of rotatable bonds is 5. The van der Waals surface area contributed by atoms with E-state index in [4.69, 9.17) is 4.74 Å². The van der Waals surface area contributed by atoms with E-state index in [0.717, 1.165) is 29.2 Å². The lowest BCUT2D eigenvalue weighted by Gasteiger charge is -2.30. The van der Waals surface area contributed by atoms with Crippen LogP contribution >= 0.6 is 0 Å². The number of benzene rings is 1. The molecule has 0 aliphatic carbocycles. The van der Waals surface area contributed by atoms with Crippen molar-refractivity contribution >= 4 is 29.5 Å². The molecule has 0 unspecified atom stereocenters. The molecule has 180 valence electrons. The van der Waals surface area contributed by atoms with Gasteiger partial charge in [0.15, 0.2) is 0 Å². The summed E-state index contributed by atoms with van der Waals surface area (Å²) in [5.41, 5.74) is -2.13. The third-order valence-electron chi connectivity index (χ3n) is 6.27. The largest absolute Gasteiger partial charge is 0.468 e. The number of urea groups is 1. The van der Waals surface area contributed by atoms with E-state index in [9.17, 15) is 32.3 Å². The molecule has 2 heterocycles. The fraction of sp³-hybridized carbons (Fsp3) is 0.524. The molecule has 0 bridgehead atoms. The fourth-order valence-corrected chi connectivity index (χ4v) is 4.51. The van der Waals surface area contributed by atoms with Gasteiger partial charge in [-0.2, -0.15) is 13.2 Å². The smallest absolute Gasteiger partial charge is 0.416 e. The summed E-state index contributed by atoms with van der Waals surface area (Å²) >= 11 is 0. The van der Waals surface area contributed by atoms with Crippen LogP contribution in [0.4, 0.5) is 23.7 Å². The first-order valence-electron chi connectivity index (χ1n) is 10.3. The predicted octanol–water partition coefficient (Wildman–Crippen LogP) is 1.69. The number of fused-ring (bicyclic) bond motifs is 1. The van der Waals surface area contributed by atoms with E-state index in [2.05, 4.69) is 10.6 Å². The van der Waals surface area contributed by atoms with Gasteiger partial charge in [-0.3, -0.25) is 24.6 Å². The molecular formula is C21H25F3N4O5. The lowest BCUT2D eigenvalue weighted by atomic mass is 9.81. The number of carbonyl (C=O) groups excluding carboxylic acids is 4. The van der Waals surface area contributed by atoms with Crippen molar-refractivity contribution in [3.63, 3.8) is 0 Å². The Morgan fingerprint density at radius 3 is 2.33 bits per heavy atom. The number of amides is 4. The number of nitrogens with one attached hydrogen (secondary N) is 2. The van der Waals surface area contributed by atoms with Crippen molar-refractivity contribution in [2.45, 2.75) is 31.6 Å². The minimum Gasteiger partial charge on any atom is -0.468 e. The zero-order chi connectivity index (χ0) is 24.7. The van der Waals surface area contributed by atoms with Crippen molar-refractivity contribution in [2.24, 2.45) is 11.8 Å². The molecule has 2 fully saturated rings. The van der Waals surface area contributed by atoms with Crippen molar-refractivity contribution < 1.29 is 37.1 Å². The van der Waals surface area contributed by atoms with Crippen LogP contribution in [0.15, 0.2) is 24.3 Å². The first-order valence-corrected chi connectivity index (χ1v) is 10.3. The molecule has 0 aromatic heterocycles. The summed E-state index contributed by atoms with van der Waals surface area (Å²) < 4.78 is 43.1. The second-order valence-electron chi connectivity index (χ2n) is 8.23. The van der Waals surface area contributed by atoms with E-state index < -0.39 is 59.0 Å². The molecule has 0 spiro atoms. The molecule has 2 saturated heterocycles. The van der Waals surface area contributed by atoms with E-state index in [0.29, 0.717) is 0 Å². The lowest BCUT2D eigenvalue weighted by Crippen LogP contribution is -2.56. The minimum absolute atomic E-state index is 0.0242. The number of methoxy groups -OCH3 is 1. The fourth-order valence-electron chi connectivity index (χ4n) is 4.51. The molecule has 4 amide bonds. The number of halogens is 3. The number of nitrogens with zero attached hydrogens (tertiary/aromatic N) is 2. The van der Waals surface area contributed by atoms with E-state index >= 15 is 0 Å². The highest BCUT2D eigenvalue weighted by atomic mass is 19.4. The molecular weight excluding hydrogens is 445 g/mol. The number of hydrogen-bond acceptors (Lipinski definition) is 6. The minimum atomic E-state index is -4.49. The van der Waals surface area contributed by atoms with Crippen LogP contribution in [0.25, 0.3) is 0 Å². The second-order valence-corrected chi connectivity index (χ2v) is 8.23. The molecule has 33 heavy (non-hydrogen) atoms. The van der Waals surface area contributed by atoms with Gasteiger partial charge in [0.25, 0.3) is 0 Å². The van der Waals surface area contributed by atoms with Gasteiger partial charge in [-0.1, -0.05) is 0 Å². The maximum atomic E-state index is 12.8. The molecule has 0 saturated carbocycles. The summed E-state index contributed by atoms with van der Waals surface area (Å²) in [4.78, 5) is 53.0. The van der Waals surface area contributed by atoms with Crippen molar-refractivity contribution in [3.8, 4) is 0 Å². The van der Waals surface area contributed by atoms with Crippen molar-refractivity contribution in [1.29, 1.82) is 0 Å². The number of carbonyl (C=O) groups is 4. The molecule has 2 N–H and O–H groups in total. The van der Waals surface area contributed by atoms with Crippen molar-refractivity contribution in [2.75, 3.05) is 32.6 Å². The lowest BCUT2D eigenvalue weighted by molar-refractivity contribution is -0.152. The summed E-state index contributed by atoms with van der Waals surface area (Å²) in [5.74, 6) is -3.53. The van der Waals surface area contributed by atoms with Crippen molar-refractivity contribution in [1.82, 2.24) is 15.1 Å². The third-order valence-corrected chi connectivity index (χ3v) is 6.27. The number of likely N-dealkylation sites (N-methyl/N-ethyl adjacent to an activating group) is 1. The van der Waals surface area contributed by atoms with E-state index in [1.54, 1.807) is 6.92 Å². The highest BCUT2D eigenvalue weighted by Gasteiger charge is 2.66. The van der Waals surface area contributed by atoms with Crippen LogP contribution in [-0.4, -0.2) is 72.4 Å². The normalized spacial score (nSPS) is 26.9. The van der Waals surface area contributed by atoms with Gasteiger partial charge in [0.1, 0.15) is 5.54 Å². The maximum absolute atomic E-state index is 12.8. The Labute approximate surface area is 188 Å². The molecule has 4 atom stereocenters. The molecule has 2 aliphatic heterocycles. The van der Waals surface area contributed by atoms with Gasteiger partial charge in [0, 0.05) is 31.9 Å². The van der Waals surface area contributed by atoms with Crippen LogP contribution in [0.5, 0.6) is 0 Å². The van der Waals surface area contributed by atoms with Gasteiger partial charge >= 0.3 is 18.2 Å². The topological polar surface area (TPSA) is 108 Å². The molecule has 12 heteroatoms. The Morgan fingerprint density at radius 2 is 1.82 bits per heavy atom. The van der Waals surface area contributed by atoms with Gasteiger partial charge in [-0.25, -0.2) is 4.79 Å². The number of likely N-dealkylation sites (tertiary alicyclic amines) is 1. The van der Waals surface area contributed by atoms with Gasteiger partial charge < -0.3 is 15.0 Å². The molecule has 3 rings (SSSR count). The zero-order valence-corrected chi connectivity index (χ0v) is 18.5. The van der Waals surface area contributed by atoms with E-state index in [1.807, 2.05) is 0 Å². The summed E-state index contributed by atoms with van der Waals surface area (Å²) in [6.45, 7) is 3.35. The number of hydrogen-bond donors (Lipinski definition) is 2. The Bertz CT molecular complexity index is 968. The predicted molar refractivity (Wildman–Crippen MR) is 110 cm³/mol. The average Bonchev–Trinajstić information content (AvgIpc) is 3.19. The Morgan fingerprint density at radius 1 is 1.21 bits per heavy atom. The van der Waals surface area contributed by atoms with Crippen molar-refractivity contribution in [3.05, 3.63) is 29.8 Å². The van der Waals surface area contributed by atoms with Crippen LogP contribution in [0, 0.1) is 11.8 Å². The van der Waals surface area contributed by atoms with Gasteiger partial charge in [-0.05, 0) is 38.1 Å². The highest BCUT2D eigenvalue weighted by Crippen LogP contribution is 2.43. The van der Waals surface area contributed by atoms with Crippen LogP contribution < -0.4 is 10.6 Å². The van der Waals surface area contributed by atoms with Crippen LogP contribution in [0.1, 0.15) is 19.4 Å². The summed E-state index contributed by atoms with van der Waals surface area (Å²) in [5, 5.41) is 5.55. The van der Waals surface area contributed by atoms with Gasteiger partial charge in [-0.15, -0.1) is 0 Å². The highest BCUT2D eigenvalue weighted by molar-refractivity contribution is 6.09. The van der Waals surface area contributed by atoms with Gasteiger partial charge in [0.05, 0.1) is 24.5 Å². The molecule has 0 radical (unpaired) electrons. The zero-order valence-electron chi connectivity index (χ0n) is 18.5. The molecule has 9 nitrogen and oxygen atoms in total. The second kappa shape index (κ2) is 8.65. The summed E-state index contributed by atoms with van der Waals surface area (Å²) in [6, 6.07) is 2.67. The summed E-state index contributed by atoms with van der Waals surface area (Å²) in [6.07, 6.45) is -4.49. The van der Waals surface area contributed by atoms with E-state index in [1.165, 1.54) is 26.0 Å². The summed E-state index contributed by atoms with van der Waals surface area (Å²) in [7, 11) is 2.52. The van der Waals surface area contributed by atoms with Crippen LogP contribution in [-0.2, 0) is 25.3 Å². The Hall–Kier alpha value is -3.15. The monoisotopic (exact) mass is 470 g/mol. The first kappa shape index (κ1) is 24.5. The van der Waals surface area contributed by atoms with E-state index in [-0.39, 0.29) is 18.8 Å². The Kier molecular flexibility index (Phi) is 6.42. The molecule has 1 aromatic rings. The number of ether oxygens (including phenoxy) is 1. The maximum Gasteiger partial charge on any atom is 0.416 e. The standard InChI is InChI=1S/C21H25F3N4O5/c1-5-28(19(32)25-12-8-6-11(7-9-12)21(22,23)24)10-13-14-15(17(30)27(3)16(14)29)20(2,26-13)18(31)33-4/h6-9,13-15,26H,5,10H2,1-4H3,(H,25,32)/t13-,14+,15-,20-/m1/s1. The molecule has 2 aliphatic rings. The SMILES string of the molecule is CCN(C[C@H]1N[C@@](C)(C(=O)OC)[C@H]2C(=O)N(C)C(=O)[C@@H]12)C(=O)Nc1ccc(C(F)(F)F)cc1. The first-order chi connectivity index (χ1) is 15.3. The van der Waals surface area contributed by atoms with Crippen LogP contribution in [0.3, 0.4) is 0 Å². The van der Waals surface area contributed by atoms with Crippen LogP contribution in [0.2, 0.25) is 0 Å².